The van der Waals surface area contributed by atoms with Crippen molar-refractivity contribution >= 4 is 17.8 Å². The fraction of sp³-hybridized carbons (Fsp3) is 0.0345. The Hall–Kier alpha value is -4.84. The predicted molar refractivity (Wildman–Crippen MR) is 129 cm³/mol. The third-order valence-electron chi connectivity index (χ3n) is 5.78. The molecule has 0 saturated heterocycles. The molecule has 2 aliphatic heterocycles. The summed E-state index contributed by atoms with van der Waals surface area (Å²) >= 11 is 0. The summed E-state index contributed by atoms with van der Waals surface area (Å²) in [5.41, 5.74) is 3.79. The molecule has 170 valence electrons. The minimum Gasteiger partial charge on any atom is -0.454 e. The van der Waals surface area contributed by atoms with Gasteiger partial charge in [0.1, 0.15) is 11.5 Å². The van der Waals surface area contributed by atoms with Crippen LogP contribution >= 0.6 is 0 Å². The maximum absolute atomic E-state index is 12.8. The topological polar surface area (TPSA) is 71.1 Å². The summed E-state index contributed by atoms with van der Waals surface area (Å²) in [5, 5.41) is 0. The van der Waals surface area contributed by atoms with Gasteiger partial charge in [0.2, 0.25) is 12.6 Å². The molecule has 0 saturated carbocycles. The van der Waals surface area contributed by atoms with Crippen molar-refractivity contribution < 1.29 is 28.5 Å². The van der Waals surface area contributed by atoms with Gasteiger partial charge in [-0.05, 0) is 53.1 Å². The van der Waals surface area contributed by atoms with Crippen molar-refractivity contribution in [3.05, 3.63) is 113 Å². The van der Waals surface area contributed by atoms with Gasteiger partial charge in [-0.25, -0.2) is 4.79 Å². The van der Waals surface area contributed by atoms with Crippen LogP contribution in [0.25, 0.3) is 17.2 Å². The van der Waals surface area contributed by atoms with Crippen molar-refractivity contribution in [3.63, 3.8) is 0 Å². The van der Waals surface area contributed by atoms with Crippen LogP contribution in [0.3, 0.4) is 0 Å². The van der Waals surface area contributed by atoms with Crippen molar-refractivity contribution in [1.29, 1.82) is 0 Å². The summed E-state index contributed by atoms with van der Waals surface area (Å²) < 4.78 is 21.9. The number of rotatable bonds is 4. The van der Waals surface area contributed by atoms with E-state index in [1.165, 1.54) is 6.07 Å². The Labute approximate surface area is 201 Å². The van der Waals surface area contributed by atoms with E-state index in [1.54, 1.807) is 36.4 Å². The molecule has 4 aromatic rings. The lowest BCUT2D eigenvalue weighted by molar-refractivity contribution is 0.0734. The van der Waals surface area contributed by atoms with Crippen molar-refractivity contribution in [2.75, 3.05) is 6.79 Å². The van der Waals surface area contributed by atoms with Gasteiger partial charge >= 0.3 is 5.97 Å². The van der Waals surface area contributed by atoms with Crippen LogP contribution in [0.1, 0.15) is 26.3 Å². The number of allylic oxidation sites excluding steroid dienone is 1. The van der Waals surface area contributed by atoms with Gasteiger partial charge in [-0.2, -0.15) is 0 Å². The number of fused-ring (bicyclic) bond motifs is 2. The van der Waals surface area contributed by atoms with E-state index in [1.807, 2.05) is 54.6 Å². The van der Waals surface area contributed by atoms with E-state index in [0.717, 1.165) is 16.7 Å². The third kappa shape index (κ3) is 4.02. The zero-order valence-corrected chi connectivity index (χ0v) is 18.4. The van der Waals surface area contributed by atoms with Gasteiger partial charge in [-0.3, -0.25) is 4.79 Å². The number of Topliss-reactive ketones (excluding diaryl/α,β-unsaturated/α-hetero) is 1. The van der Waals surface area contributed by atoms with E-state index in [9.17, 15) is 9.59 Å². The molecular formula is C29H18O6. The van der Waals surface area contributed by atoms with Crippen LogP contribution in [0.15, 0.2) is 96.8 Å². The molecule has 0 radical (unpaired) electrons. The summed E-state index contributed by atoms with van der Waals surface area (Å²) in [6.07, 6.45) is 1.70. The minimum absolute atomic E-state index is 0.122. The molecule has 0 bridgehead atoms. The zero-order chi connectivity index (χ0) is 23.8. The Morgan fingerprint density at radius 2 is 1.54 bits per heavy atom. The average molecular weight is 462 g/mol. The number of ether oxygens (including phenoxy) is 4. The Bertz CT molecular complexity index is 1490. The molecule has 35 heavy (non-hydrogen) atoms. The molecule has 0 N–H and O–H groups in total. The van der Waals surface area contributed by atoms with Gasteiger partial charge in [0, 0.05) is 6.07 Å². The fourth-order valence-electron chi connectivity index (χ4n) is 3.97. The van der Waals surface area contributed by atoms with Gasteiger partial charge in [-0.15, -0.1) is 0 Å². The molecule has 0 amide bonds. The number of ketones is 1. The summed E-state index contributed by atoms with van der Waals surface area (Å²) in [5.74, 6) is 1.13. The summed E-state index contributed by atoms with van der Waals surface area (Å²) in [7, 11) is 0. The molecule has 6 heteroatoms. The van der Waals surface area contributed by atoms with Crippen LogP contribution < -0.4 is 18.9 Å². The molecule has 0 fully saturated rings. The van der Waals surface area contributed by atoms with Crippen LogP contribution in [0.4, 0.5) is 0 Å². The van der Waals surface area contributed by atoms with Gasteiger partial charge < -0.3 is 18.9 Å². The molecule has 0 aliphatic carbocycles. The largest absolute Gasteiger partial charge is 0.454 e. The Balaban J connectivity index is 1.18. The maximum atomic E-state index is 12.8. The Morgan fingerprint density at radius 3 is 2.37 bits per heavy atom. The van der Waals surface area contributed by atoms with Crippen molar-refractivity contribution in [3.8, 4) is 34.1 Å². The number of benzene rings is 4. The highest BCUT2D eigenvalue weighted by Gasteiger charge is 2.28. The molecule has 0 unspecified atom stereocenters. The second-order valence-electron chi connectivity index (χ2n) is 8.04. The minimum atomic E-state index is -0.554. The van der Waals surface area contributed by atoms with Crippen molar-refractivity contribution in [2.24, 2.45) is 0 Å². The van der Waals surface area contributed by atoms with E-state index >= 15 is 0 Å². The molecule has 2 aliphatic rings. The molecule has 0 aromatic heterocycles. The highest BCUT2D eigenvalue weighted by molar-refractivity contribution is 6.14. The van der Waals surface area contributed by atoms with E-state index in [4.69, 9.17) is 18.9 Å². The van der Waals surface area contributed by atoms with Crippen molar-refractivity contribution in [2.45, 2.75) is 0 Å². The van der Waals surface area contributed by atoms with Crippen molar-refractivity contribution in [1.82, 2.24) is 0 Å². The van der Waals surface area contributed by atoms with Crippen LogP contribution in [0, 0.1) is 0 Å². The highest BCUT2D eigenvalue weighted by Crippen LogP contribution is 2.36. The lowest BCUT2D eigenvalue weighted by Crippen LogP contribution is -2.08. The fourth-order valence-corrected chi connectivity index (χ4v) is 3.97. The van der Waals surface area contributed by atoms with Crippen LogP contribution in [-0.2, 0) is 0 Å². The zero-order valence-electron chi connectivity index (χ0n) is 18.4. The van der Waals surface area contributed by atoms with Gasteiger partial charge in [0.15, 0.2) is 17.3 Å². The standard InChI is InChI=1S/C29H18O6/c30-28-23-12-11-22(34-29(31)21-10-13-24-26(15-21)33-17-32-24)16-25(23)35-27(28)14-18-6-8-20(9-7-18)19-4-2-1-3-5-19/h1-16H,17H2/b27-14-. The first-order valence-corrected chi connectivity index (χ1v) is 11.0. The normalized spacial score (nSPS) is 14.5. The first-order chi connectivity index (χ1) is 17.1. The van der Waals surface area contributed by atoms with E-state index in [2.05, 4.69) is 0 Å². The van der Waals surface area contributed by atoms with E-state index in [0.29, 0.717) is 28.4 Å². The number of hydrogen-bond acceptors (Lipinski definition) is 6. The summed E-state index contributed by atoms with van der Waals surface area (Å²) in [4.78, 5) is 25.4. The average Bonchev–Trinajstić information content (AvgIpc) is 3.48. The van der Waals surface area contributed by atoms with Crippen LogP contribution in [-0.4, -0.2) is 18.5 Å². The predicted octanol–water partition coefficient (Wildman–Crippen LogP) is 5.92. The molecular weight excluding hydrogens is 444 g/mol. The molecule has 0 spiro atoms. The lowest BCUT2D eigenvalue weighted by Gasteiger charge is -2.06. The number of esters is 1. The summed E-state index contributed by atoms with van der Waals surface area (Å²) in [6, 6.07) is 27.5. The third-order valence-corrected chi connectivity index (χ3v) is 5.78. The lowest BCUT2D eigenvalue weighted by atomic mass is 10.0. The first-order valence-electron chi connectivity index (χ1n) is 11.0. The molecule has 6 rings (SSSR count). The smallest absolute Gasteiger partial charge is 0.343 e. The van der Waals surface area contributed by atoms with Crippen LogP contribution in [0.5, 0.6) is 23.0 Å². The van der Waals surface area contributed by atoms with Gasteiger partial charge in [-0.1, -0.05) is 54.6 Å². The van der Waals surface area contributed by atoms with E-state index < -0.39 is 5.97 Å². The van der Waals surface area contributed by atoms with E-state index in [-0.39, 0.29) is 24.1 Å². The summed E-state index contributed by atoms with van der Waals surface area (Å²) in [6.45, 7) is 0.122. The maximum Gasteiger partial charge on any atom is 0.343 e. The van der Waals surface area contributed by atoms with Crippen LogP contribution in [0.2, 0.25) is 0 Å². The monoisotopic (exact) mass is 462 g/mol. The second-order valence-corrected chi connectivity index (χ2v) is 8.04. The Kier molecular flexibility index (Phi) is 5.04. The van der Waals surface area contributed by atoms with Gasteiger partial charge in [0.25, 0.3) is 0 Å². The second kappa shape index (κ2) is 8.50. The Morgan fingerprint density at radius 1 is 0.771 bits per heavy atom. The van der Waals surface area contributed by atoms with Gasteiger partial charge in [0.05, 0.1) is 11.1 Å². The number of carbonyl (C=O) groups is 2. The molecule has 6 nitrogen and oxygen atoms in total. The highest BCUT2D eigenvalue weighted by atomic mass is 16.7. The molecule has 2 heterocycles. The number of carbonyl (C=O) groups excluding carboxylic acids is 2. The molecule has 0 atom stereocenters. The molecule has 4 aromatic carbocycles. The number of hydrogen-bond donors (Lipinski definition) is 0. The first kappa shape index (κ1) is 20.7. The quantitative estimate of drug-likeness (QED) is 0.213. The SMILES string of the molecule is O=C(Oc1ccc2c(c1)O/C(=C\c1ccc(-c3ccccc3)cc1)C2=O)c1ccc2c(c1)OCO2.